The van der Waals surface area contributed by atoms with E-state index in [0.29, 0.717) is 0 Å². The first-order valence-electron chi connectivity index (χ1n) is 1.41. The van der Waals surface area contributed by atoms with Crippen LogP contribution in [0.2, 0.25) is 0 Å². The average molecular weight is 108 g/mol. The van der Waals surface area contributed by atoms with Crippen LogP contribution < -0.4 is 0 Å². The summed E-state index contributed by atoms with van der Waals surface area (Å²) >= 11 is 0. The molecule has 0 spiro atoms. The number of carbonyl (C=O) groups excluding carboxylic acids is 1. The van der Waals surface area contributed by atoms with Gasteiger partial charge in [-0.3, -0.25) is 4.79 Å². The van der Waals surface area contributed by atoms with E-state index in [9.17, 15) is 4.79 Å². The molecule has 0 atom stereocenters. The minimum absolute atomic E-state index is 0.0833. The molecule has 0 aliphatic rings. The first-order chi connectivity index (χ1) is 3.35. The predicted molar refractivity (Wildman–Crippen MR) is 17.3 cm³/mol. The monoisotopic (exact) mass is 108 g/mol. The number of aldehydes is 1. The van der Waals surface area contributed by atoms with Gasteiger partial charge in [0, 0.05) is 0 Å². The van der Waals surface area contributed by atoms with Gasteiger partial charge in [-0.2, -0.15) is 9.78 Å². The van der Waals surface area contributed by atoms with Crippen molar-refractivity contribution in [2.75, 3.05) is 0 Å². The van der Waals surface area contributed by atoms with Gasteiger partial charge >= 0.3 is 0 Å². The molecule has 5 heteroatoms. The standard InChI is InChI=1S/C2H4O5/c3-1-2(6-4)7-5/h1-2,4-5H. The number of rotatable bonds is 3. The minimum Gasteiger partial charge on any atom is -0.297 e. The third kappa shape index (κ3) is 2.24. The molecule has 0 radical (unpaired) electrons. The van der Waals surface area contributed by atoms with Gasteiger partial charge in [-0.25, -0.2) is 10.5 Å². The topological polar surface area (TPSA) is 76.0 Å². The molecule has 0 aromatic carbocycles. The van der Waals surface area contributed by atoms with Crippen molar-refractivity contribution in [1.29, 1.82) is 0 Å². The van der Waals surface area contributed by atoms with Crippen molar-refractivity contribution < 1.29 is 25.1 Å². The van der Waals surface area contributed by atoms with E-state index in [-0.39, 0.29) is 6.29 Å². The Morgan fingerprint density at radius 1 is 1.43 bits per heavy atom. The highest BCUT2D eigenvalue weighted by Crippen LogP contribution is 1.80. The molecule has 0 saturated carbocycles. The van der Waals surface area contributed by atoms with Crippen molar-refractivity contribution >= 4 is 6.29 Å². The highest BCUT2D eigenvalue weighted by Gasteiger charge is 2.02. The van der Waals surface area contributed by atoms with Gasteiger partial charge < -0.3 is 0 Å². The van der Waals surface area contributed by atoms with E-state index in [1.165, 1.54) is 0 Å². The Bertz CT molecular complexity index is 48.0. The maximum atomic E-state index is 9.40. The van der Waals surface area contributed by atoms with Gasteiger partial charge in [0.15, 0.2) is 6.29 Å². The van der Waals surface area contributed by atoms with Gasteiger partial charge in [-0.1, -0.05) is 0 Å². The molecule has 0 aliphatic heterocycles. The molecule has 0 unspecified atom stereocenters. The van der Waals surface area contributed by atoms with E-state index >= 15 is 0 Å². The zero-order valence-electron chi connectivity index (χ0n) is 3.27. The summed E-state index contributed by atoms with van der Waals surface area (Å²) in [5.74, 6) is 0. The summed E-state index contributed by atoms with van der Waals surface area (Å²) in [5.41, 5.74) is 0. The van der Waals surface area contributed by atoms with Gasteiger partial charge in [0.2, 0.25) is 0 Å². The van der Waals surface area contributed by atoms with Crippen molar-refractivity contribution in [3.63, 3.8) is 0 Å². The van der Waals surface area contributed by atoms with E-state index < -0.39 is 6.29 Å². The Balaban J connectivity index is 3.16. The molecule has 0 bridgehead atoms. The van der Waals surface area contributed by atoms with Gasteiger partial charge in [0.1, 0.15) is 0 Å². The maximum Gasteiger partial charge on any atom is 0.278 e. The summed E-state index contributed by atoms with van der Waals surface area (Å²) in [4.78, 5) is 15.8. The van der Waals surface area contributed by atoms with Crippen molar-refractivity contribution in [2.24, 2.45) is 0 Å². The summed E-state index contributed by atoms with van der Waals surface area (Å²) < 4.78 is 0. The molecular formula is C2H4O5. The third-order valence-electron chi connectivity index (χ3n) is 0.319. The van der Waals surface area contributed by atoms with Crippen LogP contribution in [0.1, 0.15) is 0 Å². The Morgan fingerprint density at radius 3 is 1.86 bits per heavy atom. The second-order valence-electron chi connectivity index (χ2n) is 0.715. The molecule has 2 N–H and O–H groups in total. The zero-order valence-corrected chi connectivity index (χ0v) is 3.27. The van der Waals surface area contributed by atoms with Crippen molar-refractivity contribution in [1.82, 2.24) is 0 Å². The van der Waals surface area contributed by atoms with Gasteiger partial charge in [0.05, 0.1) is 0 Å². The lowest BCUT2D eigenvalue weighted by Gasteiger charge is -1.96. The quantitative estimate of drug-likeness (QED) is 0.220. The van der Waals surface area contributed by atoms with Gasteiger partial charge in [-0.15, -0.1) is 0 Å². The molecular weight excluding hydrogens is 104 g/mol. The molecule has 0 aromatic heterocycles. The zero-order chi connectivity index (χ0) is 5.70. The molecule has 5 nitrogen and oxygen atoms in total. The maximum absolute atomic E-state index is 9.40. The van der Waals surface area contributed by atoms with Crippen LogP contribution in [0.4, 0.5) is 0 Å². The third-order valence-corrected chi connectivity index (χ3v) is 0.319. The van der Waals surface area contributed by atoms with Crippen LogP contribution in [-0.4, -0.2) is 23.1 Å². The second kappa shape index (κ2) is 3.69. The number of carbonyl (C=O) groups is 1. The van der Waals surface area contributed by atoms with Crippen molar-refractivity contribution in [3.8, 4) is 0 Å². The smallest absolute Gasteiger partial charge is 0.278 e. The molecule has 0 rings (SSSR count). The Labute approximate surface area is 38.9 Å². The number of hydrogen-bond donors (Lipinski definition) is 2. The summed E-state index contributed by atoms with van der Waals surface area (Å²) in [7, 11) is 0. The lowest BCUT2D eigenvalue weighted by Crippen LogP contribution is -2.14. The van der Waals surface area contributed by atoms with E-state index in [1.54, 1.807) is 0 Å². The van der Waals surface area contributed by atoms with Crippen LogP contribution in [0.15, 0.2) is 0 Å². The van der Waals surface area contributed by atoms with Crippen molar-refractivity contribution in [3.05, 3.63) is 0 Å². The summed E-state index contributed by atoms with van der Waals surface area (Å²) in [6.07, 6.45) is -1.50. The van der Waals surface area contributed by atoms with Gasteiger partial charge in [0.25, 0.3) is 6.29 Å². The lowest BCUT2D eigenvalue weighted by atomic mass is 10.8. The minimum atomic E-state index is -1.58. The highest BCUT2D eigenvalue weighted by molar-refractivity contribution is 5.53. The lowest BCUT2D eigenvalue weighted by molar-refractivity contribution is -0.412. The Kier molecular flexibility index (Phi) is 3.43. The molecule has 0 aliphatic carbocycles. The summed E-state index contributed by atoms with van der Waals surface area (Å²) in [5, 5.41) is 15.0. The van der Waals surface area contributed by atoms with Crippen LogP contribution in [0, 0.1) is 0 Å². The molecule has 0 heterocycles. The summed E-state index contributed by atoms with van der Waals surface area (Å²) in [6, 6.07) is 0. The molecule has 0 amide bonds. The normalized spacial score (nSPS) is 9.57. The summed E-state index contributed by atoms with van der Waals surface area (Å²) in [6.45, 7) is 0. The fourth-order valence-corrected chi connectivity index (χ4v) is 0.0689. The predicted octanol–water partition coefficient (Wildman–Crippen LogP) is -0.509. The van der Waals surface area contributed by atoms with Crippen LogP contribution >= 0.6 is 0 Å². The molecule has 0 aromatic rings. The van der Waals surface area contributed by atoms with Crippen LogP contribution in [0.3, 0.4) is 0 Å². The largest absolute Gasteiger partial charge is 0.297 e. The first-order valence-corrected chi connectivity index (χ1v) is 1.41. The highest BCUT2D eigenvalue weighted by atomic mass is 17.2. The Hall–Kier alpha value is -0.490. The average Bonchev–Trinajstić information content (AvgIpc) is 1.72. The molecule has 0 fully saturated rings. The SMILES string of the molecule is O=CC(OO)OO. The Morgan fingerprint density at radius 2 is 1.86 bits per heavy atom. The van der Waals surface area contributed by atoms with E-state index in [2.05, 4.69) is 9.78 Å². The second-order valence-corrected chi connectivity index (χ2v) is 0.715. The molecule has 0 saturated heterocycles. The first kappa shape index (κ1) is 6.51. The fraction of sp³-hybridized carbons (Fsp3) is 0.500. The van der Waals surface area contributed by atoms with Gasteiger partial charge in [-0.05, 0) is 0 Å². The van der Waals surface area contributed by atoms with Crippen LogP contribution in [0.5, 0.6) is 0 Å². The van der Waals surface area contributed by atoms with E-state index in [0.717, 1.165) is 0 Å². The van der Waals surface area contributed by atoms with E-state index in [4.69, 9.17) is 10.5 Å². The van der Waals surface area contributed by atoms with Crippen molar-refractivity contribution in [2.45, 2.75) is 6.29 Å². The van der Waals surface area contributed by atoms with Crippen LogP contribution in [-0.2, 0) is 14.6 Å². The number of hydrogen-bond acceptors (Lipinski definition) is 5. The molecule has 42 valence electrons. The van der Waals surface area contributed by atoms with Crippen LogP contribution in [0.25, 0.3) is 0 Å². The van der Waals surface area contributed by atoms with E-state index in [1.807, 2.05) is 0 Å². The fourth-order valence-electron chi connectivity index (χ4n) is 0.0689. The molecule has 7 heavy (non-hydrogen) atoms.